The van der Waals surface area contributed by atoms with E-state index in [1.165, 1.54) is 12.1 Å². The summed E-state index contributed by atoms with van der Waals surface area (Å²) in [6.45, 7) is 8.78. The molecule has 0 radical (unpaired) electrons. The first-order valence-corrected chi connectivity index (χ1v) is 12.5. The molecule has 1 aliphatic rings. The first-order chi connectivity index (χ1) is 18.2. The van der Waals surface area contributed by atoms with Gasteiger partial charge >= 0.3 is 5.97 Å². The van der Waals surface area contributed by atoms with Crippen molar-refractivity contribution in [3.63, 3.8) is 0 Å². The molecule has 11 nitrogen and oxygen atoms in total. The molecule has 0 aliphatic carbocycles. The number of benzene rings is 1. The van der Waals surface area contributed by atoms with Crippen LogP contribution in [-0.2, 0) is 17.8 Å². The second-order valence-electron chi connectivity index (χ2n) is 9.55. The standard InChI is InChI=1S/C26H29FN8O3.ClH/c1-16-20(17(2)34(30-16)24-8-7-23-29-28-18(3)35(23)31-24)6-9-25(36)33-12-10-32(11-13-33)15-19-4-5-21(26(37)38)22(27)14-19;/h4-5,7-8,14H,6,9-13,15H2,1-3H3,(H,37,38);1H. The fourth-order valence-electron chi connectivity index (χ4n) is 4.89. The van der Waals surface area contributed by atoms with Crippen LogP contribution in [0.3, 0.4) is 0 Å². The number of fused-ring (bicyclic) bond motifs is 1. The average molecular weight is 557 g/mol. The Morgan fingerprint density at radius 3 is 2.44 bits per heavy atom. The van der Waals surface area contributed by atoms with Gasteiger partial charge in [-0.3, -0.25) is 9.69 Å². The summed E-state index contributed by atoms with van der Waals surface area (Å²) in [5.74, 6) is -0.570. The highest BCUT2D eigenvalue weighted by Crippen LogP contribution is 2.20. The number of carbonyl (C=O) groups is 2. The zero-order valence-electron chi connectivity index (χ0n) is 22.0. The normalized spacial score (nSPS) is 14.0. The van der Waals surface area contributed by atoms with Gasteiger partial charge in [-0.25, -0.2) is 13.9 Å². The molecule has 0 atom stereocenters. The number of halogens is 2. The molecule has 1 N–H and O–H groups in total. The zero-order chi connectivity index (χ0) is 27.0. The third-order valence-electron chi connectivity index (χ3n) is 7.05. The predicted octanol–water partition coefficient (Wildman–Crippen LogP) is 2.77. The molecule has 1 aliphatic heterocycles. The van der Waals surface area contributed by atoms with E-state index >= 15 is 0 Å². The van der Waals surface area contributed by atoms with Gasteiger partial charge in [0.15, 0.2) is 17.3 Å². The molecule has 3 aromatic heterocycles. The summed E-state index contributed by atoms with van der Waals surface area (Å²) in [6, 6.07) is 7.90. The number of aromatic nitrogens is 6. The fourth-order valence-corrected chi connectivity index (χ4v) is 4.89. The maximum absolute atomic E-state index is 14.0. The Kier molecular flexibility index (Phi) is 8.26. The van der Waals surface area contributed by atoms with Gasteiger partial charge in [0.25, 0.3) is 0 Å². The molecule has 39 heavy (non-hydrogen) atoms. The SMILES string of the molecule is Cc1nn(-c2ccc3nnc(C)n3n2)c(C)c1CCC(=O)N1CCN(Cc2ccc(C(=O)O)c(F)c2)CC1.Cl. The van der Waals surface area contributed by atoms with E-state index in [0.29, 0.717) is 68.4 Å². The number of piperazine rings is 1. The second-order valence-corrected chi connectivity index (χ2v) is 9.55. The molecular formula is C26H30ClFN8O3. The highest BCUT2D eigenvalue weighted by atomic mass is 35.5. The maximum Gasteiger partial charge on any atom is 0.338 e. The minimum atomic E-state index is -1.28. The molecule has 1 aromatic carbocycles. The van der Waals surface area contributed by atoms with Crippen molar-refractivity contribution in [3.05, 3.63) is 70.1 Å². The van der Waals surface area contributed by atoms with Gasteiger partial charge in [0, 0.05) is 44.8 Å². The summed E-state index contributed by atoms with van der Waals surface area (Å²) in [4.78, 5) is 28.0. The van der Waals surface area contributed by atoms with Gasteiger partial charge < -0.3 is 10.0 Å². The number of carbonyl (C=O) groups excluding carboxylic acids is 1. The van der Waals surface area contributed by atoms with E-state index in [4.69, 9.17) is 5.11 Å². The number of aryl methyl sites for hydroxylation is 2. The van der Waals surface area contributed by atoms with Gasteiger partial charge in [-0.05, 0) is 62.6 Å². The maximum atomic E-state index is 14.0. The summed E-state index contributed by atoms with van der Waals surface area (Å²) < 4.78 is 17.5. The van der Waals surface area contributed by atoms with Crippen LogP contribution in [-0.4, -0.2) is 82.6 Å². The molecule has 4 aromatic rings. The van der Waals surface area contributed by atoms with E-state index < -0.39 is 11.8 Å². The van der Waals surface area contributed by atoms with E-state index in [1.54, 1.807) is 15.3 Å². The van der Waals surface area contributed by atoms with Crippen LogP contribution in [0.4, 0.5) is 4.39 Å². The van der Waals surface area contributed by atoms with Crippen molar-refractivity contribution in [1.82, 2.24) is 39.4 Å². The van der Waals surface area contributed by atoms with E-state index in [1.807, 2.05) is 37.8 Å². The minimum Gasteiger partial charge on any atom is -0.478 e. The lowest BCUT2D eigenvalue weighted by Gasteiger charge is -2.35. The Bertz CT molecular complexity index is 1530. The van der Waals surface area contributed by atoms with E-state index in [9.17, 15) is 14.0 Å². The van der Waals surface area contributed by atoms with Gasteiger partial charge in [-0.2, -0.15) is 9.61 Å². The Morgan fingerprint density at radius 1 is 1.00 bits per heavy atom. The van der Waals surface area contributed by atoms with Crippen LogP contribution >= 0.6 is 12.4 Å². The molecular weight excluding hydrogens is 527 g/mol. The van der Waals surface area contributed by atoms with E-state index in [2.05, 4.69) is 25.3 Å². The molecule has 5 rings (SSSR count). The van der Waals surface area contributed by atoms with Gasteiger partial charge in [0.05, 0.1) is 11.3 Å². The summed E-state index contributed by atoms with van der Waals surface area (Å²) in [5.41, 5.74) is 3.89. The molecule has 206 valence electrons. The molecule has 0 spiro atoms. The number of hydrogen-bond acceptors (Lipinski definition) is 7. The summed E-state index contributed by atoms with van der Waals surface area (Å²) in [6.07, 6.45) is 0.964. The van der Waals surface area contributed by atoms with Crippen molar-refractivity contribution in [3.8, 4) is 5.82 Å². The van der Waals surface area contributed by atoms with Crippen LogP contribution in [0, 0.1) is 26.6 Å². The zero-order valence-corrected chi connectivity index (χ0v) is 22.8. The van der Waals surface area contributed by atoms with Crippen LogP contribution in [0.15, 0.2) is 30.3 Å². The van der Waals surface area contributed by atoms with Crippen molar-refractivity contribution >= 4 is 29.9 Å². The lowest BCUT2D eigenvalue weighted by atomic mass is 10.1. The van der Waals surface area contributed by atoms with Crippen molar-refractivity contribution in [1.29, 1.82) is 0 Å². The number of amides is 1. The number of aromatic carboxylic acids is 1. The largest absolute Gasteiger partial charge is 0.478 e. The van der Waals surface area contributed by atoms with Crippen LogP contribution in [0.2, 0.25) is 0 Å². The second kappa shape index (κ2) is 11.5. The smallest absolute Gasteiger partial charge is 0.338 e. The number of carboxylic acid groups (broad SMARTS) is 1. The van der Waals surface area contributed by atoms with Crippen molar-refractivity contribution in [2.45, 2.75) is 40.2 Å². The first kappa shape index (κ1) is 28.1. The van der Waals surface area contributed by atoms with E-state index in [-0.39, 0.29) is 23.9 Å². The molecule has 4 heterocycles. The average Bonchev–Trinajstić information content (AvgIpc) is 3.40. The first-order valence-electron chi connectivity index (χ1n) is 12.5. The Morgan fingerprint density at radius 2 is 1.74 bits per heavy atom. The minimum absolute atomic E-state index is 0. The molecule has 1 amide bonds. The topological polar surface area (TPSA) is 122 Å². The van der Waals surface area contributed by atoms with Crippen LogP contribution in [0.1, 0.15) is 45.1 Å². The Labute approximate surface area is 230 Å². The molecule has 0 unspecified atom stereocenters. The van der Waals surface area contributed by atoms with Gasteiger partial charge in [-0.15, -0.1) is 27.7 Å². The van der Waals surface area contributed by atoms with Crippen LogP contribution in [0.5, 0.6) is 0 Å². The Hall–Kier alpha value is -3.90. The number of carboxylic acids is 1. The van der Waals surface area contributed by atoms with Crippen molar-refractivity contribution in [2.24, 2.45) is 0 Å². The van der Waals surface area contributed by atoms with Crippen LogP contribution in [0.25, 0.3) is 11.5 Å². The van der Waals surface area contributed by atoms with E-state index in [0.717, 1.165) is 17.0 Å². The molecule has 1 fully saturated rings. The van der Waals surface area contributed by atoms with Gasteiger partial charge in [-0.1, -0.05) is 6.07 Å². The van der Waals surface area contributed by atoms with Crippen molar-refractivity contribution in [2.75, 3.05) is 26.2 Å². The number of nitrogens with zero attached hydrogens (tertiary/aromatic N) is 8. The van der Waals surface area contributed by atoms with Gasteiger partial charge in [0.1, 0.15) is 5.82 Å². The van der Waals surface area contributed by atoms with Crippen LogP contribution < -0.4 is 0 Å². The summed E-state index contributed by atoms with van der Waals surface area (Å²) in [7, 11) is 0. The molecule has 0 saturated carbocycles. The monoisotopic (exact) mass is 556 g/mol. The number of rotatable bonds is 7. The van der Waals surface area contributed by atoms with Gasteiger partial charge in [0.2, 0.25) is 5.91 Å². The molecule has 1 saturated heterocycles. The van der Waals surface area contributed by atoms with Crippen molar-refractivity contribution < 1.29 is 19.1 Å². The summed E-state index contributed by atoms with van der Waals surface area (Å²) in [5, 5.41) is 26.4. The third kappa shape index (κ3) is 5.76. The lowest BCUT2D eigenvalue weighted by Crippen LogP contribution is -2.48. The molecule has 0 bridgehead atoms. The fraction of sp³-hybridized carbons (Fsp3) is 0.385. The summed E-state index contributed by atoms with van der Waals surface area (Å²) >= 11 is 0. The Balaban J connectivity index is 0.00000353. The third-order valence-corrected chi connectivity index (χ3v) is 7.05. The quantitative estimate of drug-likeness (QED) is 0.369. The highest BCUT2D eigenvalue weighted by Gasteiger charge is 2.23. The lowest BCUT2D eigenvalue weighted by molar-refractivity contribution is -0.133. The highest BCUT2D eigenvalue weighted by molar-refractivity contribution is 5.87. The predicted molar refractivity (Wildman–Crippen MR) is 143 cm³/mol. The molecule has 13 heteroatoms. The number of hydrogen-bond donors (Lipinski definition) is 1.